The van der Waals surface area contributed by atoms with Crippen molar-refractivity contribution in [3.8, 4) is 11.1 Å². The fraction of sp³-hybridized carbons (Fsp3) is 0.643. The van der Waals surface area contributed by atoms with Crippen molar-refractivity contribution in [2.24, 2.45) is 0 Å². The Balaban J connectivity index is 1.50. The fourth-order valence-electron chi connectivity index (χ4n) is 5.67. The largest absolute Gasteiger partial charge is 0.390 e. The molecular formula is C28H41N7O4. The quantitative estimate of drug-likeness (QED) is 0.448. The van der Waals surface area contributed by atoms with Crippen molar-refractivity contribution in [3.63, 3.8) is 0 Å². The average molecular weight is 540 g/mol. The van der Waals surface area contributed by atoms with Crippen LogP contribution in [0, 0.1) is 0 Å². The van der Waals surface area contributed by atoms with E-state index in [4.69, 9.17) is 14.6 Å². The first kappa shape index (κ1) is 27.5. The summed E-state index contributed by atoms with van der Waals surface area (Å²) in [5, 5.41) is 23.4. The maximum absolute atomic E-state index is 13.4. The zero-order chi connectivity index (χ0) is 27.8. The van der Waals surface area contributed by atoms with Gasteiger partial charge in [-0.05, 0) is 59.4 Å². The summed E-state index contributed by atoms with van der Waals surface area (Å²) in [6.07, 6.45) is 8.85. The van der Waals surface area contributed by atoms with E-state index in [1.165, 1.54) is 0 Å². The molecule has 3 aromatic heterocycles. The van der Waals surface area contributed by atoms with Gasteiger partial charge in [0, 0.05) is 55.2 Å². The van der Waals surface area contributed by atoms with Crippen molar-refractivity contribution in [3.05, 3.63) is 30.4 Å². The van der Waals surface area contributed by atoms with Gasteiger partial charge in [0.1, 0.15) is 5.54 Å². The number of hydrogen-bond donors (Lipinski definition) is 2. The number of morpholine rings is 1. The lowest BCUT2D eigenvalue weighted by molar-refractivity contribution is -0.143. The van der Waals surface area contributed by atoms with E-state index in [-0.39, 0.29) is 17.9 Å². The number of aromatic nitrogens is 5. The first-order chi connectivity index (χ1) is 18.6. The molecule has 0 unspecified atom stereocenters. The van der Waals surface area contributed by atoms with Crippen LogP contribution < -0.4 is 5.32 Å². The first-order valence-corrected chi connectivity index (χ1v) is 13.9. The van der Waals surface area contributed by atoms with Crippen molar-refractivity contribution in [1.82, 2.24) is 29.3 Å². The molecule has 4 heterocycles. The predicted molar refractivity (Wildman–Crippen MR) is 148 cm³/mol. The van der Waals surface area contributed by atoms with Gasteiger partial charge in [-0.3, -0.25) is 9.48 Å². The highest BCUT2D eigenvalue weighted by Gasteiger charge is 2.36. The van der Waals surface area contributed by atoms with Gasteiger partial charge in [-0.2, -0.15) is 5.10 Å². The second kappa shape index (κ2) is 10.9. The zero-order valence-corrected chi connectivity index (χ0v) is 23.7. The Morgan fingerprint density at radius 3 is 2.69 bits per heavy atom. The van der Waals surface area contributed by atoms with E-state index in [0.29, 0.717) is 38.9 Å². The molecule has 0 aromatic carbocycles. The number of fused-ring (bicyclic) bond motifs is 1. The number of nitrogens with zero attached hydrogens (tertiary/aromatic N) is 6. The van der Waals surface area contributed by atoms with Crippen LogP contribution in [0.4, 0.5) is 5.95 Å². The molecule has 1 aliphatic heterocycles. The van der Waals surface area contributed by atoms with E-state index in [1.54, 1.807) is 11.8 Å². The van der Waals surface area contributed by atoms with Gasteiger partial charge in [0.15, 0.2) is 0 Å². The van der Waals surface area contributed by atoms with Crippen molar-refractivity contribution in [1.29, 1.82) is 0 Å². The summed E-state index contributed by atoms with van der Waals surface area (Å²) in [4.78, 5) is 19.8. The maximum atomic E-state index is 13.4. The molecule has 2 N–H and O–H groups in total. The van der Waals surface area contributed by atoms with E-state index in [1.807, 2.05) is 55.7 Å². The van der Waals surface area contributed by atoms with E-state index in [9.17, 15) is 9.90 Å². The van der Waals surface area contributed by atoms with Gasteiger partial charge in [0.05, 0.1) is 43.3 Å². The van der Waals surface area contributed by atoms with Crippen LogP contribution in [0.2, 0.25) is 0 Å². The number of carbonyl (C=O) groups excluding carboxylic acids is 1. The number of ether oxygens (including phenoxy) is 2. The van der Waals surface area contributed by atoms with Crippen LogP contribution in [0.1, 0.15) is 65.0 Å². The molecule has 1 saturated carbocycles. The Bertz CT molecular complexity index is 1300. The summed E-state index contributed by atoms with van der Waals surface area (Å²) < 4.78 is 14.4. The Hall–Kier alpha value is -3.02. The molecule has 5 rings (SSSR count). The SMILES string of the molecule is COC[C@H](C)Nc1ncc2c(-c3cnn(C(C)(C)C(=O)N4CCOCC4)c3)cc([C@H]3CC[C@](C)(O)CC3)n2n1. The minimum atomic E-state index is -0.839. The predicted octanol–water partition coefficient (Wildman–Crippen LogP) is 3.04. The Morgan fingerprint density at radius 2 is 2.00 bits per heavy atom. The van der Waals surface area contributed by atoms with Crippen LogP contribution in [0.15, 0.2) is 24.7 Å². The zero-order valence-electron chi connectivity index (χ0n) is 23.7. The average Bonchev–Trinajstić information content (AvgIpc) is 3.55. The molecule has 212 valence electrons. The smallest absolute Gasteiger partial charge is 0.250 e. The molecule has 1 aliphatic carbocycles. The molecule has 11 nitrogen and oxygen atoms in total. The standard InChI is InChI=1S/C28H41N7O4/c1-19(18-38-5)31-26-29-16-24-22(14-23(35(24)32-26)20-6-8-28(4,37)9-7-20)21-15-30-34(17-21)27(2,3)25(36)33-10-12-39-13-11-33/h14-17,19-20,37H,6-13,18H2,1-5H3,(H,31,32)/t19-,20-,28-/m0/s1. The summed E-state index contributed by atoms with van der Waals surface area (Å²) in [7, 11) is 1.67. The highest BCUT2D eigenvalue weighted by molar-refractivity contribution is 5.85. The lowest BCUT2D eigenvalue weighted by Gasteiger charge is -2.34. The summed E-state index contributed by atoms with van der Waals surface area (Å²) in [6.45, 7) is 10.6. The molecule has 0 radical (unpaired) electrons. The van der Waals surface area contributed by atoms with E-state index in [2.05, 4.69) is 21.5 Å². The molecule has 1 saturated heterocycles. The van der Waals surface area contributed by atoms with Gasteiger partial charge in [-0.1, -0.05) is 0 Å². The third kappa shape index (κ3) is 5.66. The summed E-state index contributed by atoms with van der Waals surface area (Å²) >= 11 is 0. The van der Waals surface area contributed by atoms with Gasteiger partial charge in [0.2, 0.25) is 11.9 Å². The number of rotatable bonds is 8. The Labute approximate surface area is 229 Å². The van der Waals surface area contributed by atoms with E-state index >= 15 is 0 Å². The normalized spacial score (nSPS) is 23.2. The number of hydrogen-bond acceptors (Lipinski definition) is 8. The molecule has 1 atom stereocenters. The highest BCUT2D eigenvalue weighted by Crippen LogP contribution is 2.40. The molecule has 1 amide bonds. The topological polar surface area (TPSA) is 119 Å². The van der Waals surface area contributed by atoms with Gasteiger partial charge in [-0.25, -0.2) is 9.50 Å². The molecule has 3 aromatic rings. The minimum absolute atomic E-state index is 0.0290. The van der Waals surface area contributed by atoms with Crippen LogP contribution in [-0.4, -0.2) is 92.0 Å². The van der Waals surface area contributed by atoms with Gasteiger partial charge < -0.3 is 24.8 Å². The van der Waals surface area contributed by atoms with Crippen LogP contribution in [0.25, 0.3) is 16.6 Å². The van der Waals surface area contributed by atoms with E-state index in [0.717, 1.165) is 48.0 Å². The van der Waals surface area contributed by atoms with Crippen molar-refractivity contribution in [2.75, 3.05) is 45.3 Å². The van der Waals surface area contributed by atoms with Crippen LogP contribution in [0.3, 0.4) is 0 Å². The van der Waals surface area contributed by atoms with Crippen LogP contribution in [-0.2, 0) is 19.8 Å². The monoisotopic (exact) mass is 539 g/mol. The maximum Gasteiger partial charge on any atom is 0.250 e. The number of aliphatic hydroxyl groups is 1. The molecule has 2 aliphatic rings. The third-order valence-electron chi connectivity index (χ3n) is 8.11. The first-order valence-electron chi connectivity index (χ1n) is 13.9. The second-order valence-corrected chi connectivity index (χ2v) is 11.8. The Kier molecular flexibility index (Phi) is 7.67. The van der Waals surface area contributed by atoms with Crippen LogP contribution >= 0.6 is 0 Å². The lowest BCUT2D eigenvalue weighted by Crippen LogP contribution is -2.51. The number of anilines is 1. The highest BCUT2D eigenvalue weighted by atomic mass is 16.5. The number of amides is 1. The summed E-state index contributed by atoms with van der Waals surface area (Å²) in [5.74, 6) is 0.826. The van der Waals surface area contributed by atoms with Gasteiger partial charge >= 0.3 is 0 Å². The summed E-state index contributed by atoms with van der Waals surface area (Å²) in [6, 6.07) is 2.23. The van der Waals surface area contributed by atoms with Gasteiger partial charge in [-0.15, -0.1) is 5.10 Å². The third-order valence-corrected chi connectivity index (χ3v) is 8.11. The number of nitrogens with one attached hydrogen (secondary N) is 1. The minimum Gasteiger partial charge on any atom is -0.390 e. The molecular weight excluding hydrogens is 498 g/mol. The second-order valence-electron chi connectivity index (χ2n) is 11.8. The van der Waals surface area contributed by atoms with Crippen LogP contribution in [0.5, 0.6) is 0 Å². The molecule has 11 heteroatoms. The molecule has 0 spiro atoms. The molecule has 2 fully saturated rings. The fourth-order valence-corrected chi connectivity index (χ4v) is 5.67. The van der Waals surface area contributed by atoms with Crippen molar-refractivity contribution >= 4 is 17.4 Å². The Morgan fingerprint density at radius 1 is 1.28 bits per heavy atom. The number of methoxy groups -OCH3 is 1. The van der Waals surface area contributed by atoms with Crippen molar-refractivity contribution < 1.29 is 19.4 Å². The van der Waals surface area contributed by atoms with Gasteiger partial charge in [0.25, 0.3) is 0 Å². The number of carbonyl (C=O) groups is 1. The lowest BCUT2D eigenvalue weighted by atomic mass is 9.78. The van der Waals surface area contributed by atoms with E-state index < -0.39 is 11.1 Å². The molecule has 39 heavy (non-hydrogen) atoms. The molecule has 0 bridgehead atoms. The van der Waals surface area contributed by atoms with Crippen molar-refractivity contribution in [2.45, 2.75) is 76.5 Å². The summed E-state index contributed by atoms with van der Waals surface area (Å²) in [5.41, 5.74) is 2.39.